The lowest BCUT2D eigenvalue weighted by Gasteiger charge is -2.28. The van der Waals surface area contributed by atoms with E-state index >= 15 is 0 Å². The van der Waals surface area contributed by atoms with E-state index in [4.69, 9.17) is 4.74 Å². The molecule has 2 aliphatic rings. The quantitative estimate of drug-likeness (QED) is 0.719. The molecule has 27 heavy (non-hydrogen) atoms. The largest absolute Gasteiger partial charge is 0.376 e. The molecular formula is C21H31N3O3. The molecule has 1 heterocycles. The predicted molar refractivity (Wildman–Crippen MR) is 105 cm³/mol. The maximum absolute atomic E-state index is 12.1. The number of benzene rings is 1. The average Bonchev–Trinajstić information content (AvgIpc) is 3.05. The number of carbonyl (C=O) groups excluding carboxylic acids is 2. The molecule has 3 rings (SSSR count). The van der Waals surface area contributed by atoms with Crippen LogP contribution in [-0.4, -0.2) is 42.6 Å². The number of hydrogen-bond acceptors (Lipinski definition) is 3. The molecule has 148 valence electrons. The highest BCUT2D eigenvalue weighted by molar-refractivity contribution is 5.89. The number of likely N-dealkylation sites (tertiary alicyclic amines) is 1. The van der Waals surface area contributed by atoms with Crippen molar-refractivity contribution in [3.8, 4) is 0 Å². The maximum atomic E-state index is 12.1. The number of nitrogens with zero attached hydrogens (tertiary/aromatic N) is 1. The van der Waals surface area contributed by atoms with Crippen LogP contribution in [0.15, 0.2) is 24.3 Å². The van der Waals surface area contributed by atoms with Crippen LogP contribution in [0.5, 0.6) is 0 Å². The van der Waals surface area contributed by atoms with E-state index in [0.29, 0.717) is 38.1 Å². The van der Waals surface area contributed by atoms with E-state index in [1.165, 1.54) is 19.3 Å². The molecule has 1 saturated carbocycles. The zero-order valence-electron chi connectivity index (χ0n) is 16.2. The number of amides is 3. The molecule has 1 aliphatic heterocycles. The Kier molecular flexibility index (Phi) is 7.10. The Morgan fingerprint density at radius 3 is 2.89 bits per heavy atom. The second-order valence-electron chi connectivity index (χ2n) is 7.67. The maximum Gasteiger partial charge on any atom is 0.319 e. The summed E-state index contributed by atoms with van der Waals surface area (Å²) in [5.41, 5.74) is 1.76. The third-order valence-corrected chi connectivity index (χ3v) is 5.48. The van der Waals surface area contributed by atoms with Crippen LogP contribution in [0.2, 0.25) is 0 Å². The molecule has 2 atom stereocenters. The minimum Gasteiger partial charge on any atom is -0.376 e. The zero-order valence-corrected chi connectivity index (χ0v) is 16.2. The summed E-state index contributed by atoms with van der Waals surface area (Å²) in [6.07, 6.45) is 6.80. The molecule has 0 bridgehead atoms. The lowest BCUT2D eigenvalue weighted by molar-refractivity contribution is -0.128. The van der Waals surface area contributed by atoms with Crippen LogP contribution in [0.25, 0.3) is 0 Å². The van der Waals surface area contributed by atoms with Crippen LogP contribution in [0.1, 0.15) is 51.0 Å². The molecule has 0 unspecified atom stereocenters. The number of ether oxygens (including phenoxy) is 1. The molecule has 0 aromatic heterocycles. The standard InChI is InChI=1S/C21H31N3O3/c1-16-6-2-3-9-19(16)27-13-11-22-21(26)23-18-8-4-7-17(14-18)15-24-12-5-10-20(24)25/h4,7-8,14,16,19H,2-3,5-6,9-13,15H2,1H3,(H2,22,23,26)/t16-,19-/m1/s1. The summed E-state index contributed by atoms with van der Waals surface area (Å²) in [5.74, 6) is 0.816. The van der Waals surface area contributed by atoms with Crippen molar-refractivity contribution in [3.63, 3.8) is 0 Å². The van der Waals surface area contributed by atoms with Gasteiger partial charge in [-0.05, 0) is 42.9 Å². The number of urea groups is 1. The topological polar surface area (TPSA) is 70.7 Å². The Morgan fingerprint density at radius 2 is 2.11 bits per heavy atom. The highest BCUT2D eigenvalue weighted by Gasteiger charge is 2.22. The van der Waals surface area contributed by atoms with Crippen molar-refractivity contribution < 1.29 is 14.3 Å². The molecule has 6 heteroatoms. The number of carbonyl (C=O) groups is 2. The van der Waals surface area contributed by atoms with Crippen molar-refractivity contribution in [2.45, 2.75) is 58.1 Å². The Bertz CT molecular complexity index is 649. The van der Waals surface area contributed by atoms with Gasteiger partial charge in [-0.3, -0.25) is 4.79 Å². The molecule has 1 saturated heterocycles. The van der Waals surface area contributed by atoms with Gasteiger partial charge in [0.25, 0.3) is 0 Å². The van der Waals surface area contributed by atoms with Gasteiger partial charge in [0, 0.05) is 31.7 Å². The van der Waals surface area contributed by atoms with Gasteiger partial charge in [0.1, 0.15) is 0 Å². The SMILES string of the molecule is C[C@@H]1CCCC[C@H]1OCCNC(=O)Nc1cccc(CN2CCCC2=O)c1. The first-order valence-electron chi connectivity index (χ1n) is 10.1. The van der Waals surface area contributed by atoms with Crippen molar-refractivity contribution >= 4 is 17.6 Å². The van der Waals surface area contributed by atoms with Gasteiger partial charge in [-0.2, -0.15) is 0 Å². The lowest BCUT2D eigenvalue weighted by Crippen LogP contribution is -2.34. The van der Waals surface area contributed by atoms with Crippen LogP contribution in [0.4, 0.5) is 10.5 Å². The summed E-state index contributed by atoms with van der Waals surface area (Å²) in [6.45, 7) is 4.70. The van der Waals surface area contributed by atoms with Gasteiger partial charge in [0.15, 0.2) is 0 Å². The number of nitrogens with one attached hydrogen (secondary N) is 2. The molecule has 0 spiro atoms. The van der Waals surface area contributed by atoms with Crippen molar-refractivity contribution in [2.24, 2.45) is 5.92 Å². The van der Waals surface area contributed by atoms with Gasteiger partial charge >= 0.3 is 6.03 Å². The predicted octanol–water partition coefficient (Wildman–Crippen LogP) is 3.53. The van der Waals surface area contributed by atoms with E-state index in [1.807, 2.05) is 29.2 Å². The summed E-state index contributed by atoms with van der Waals surface area (Å²) < 4.78 is 5.92. The Balaban J connectivity index is 1.38. The van der Waals surface area contributed by atoms with Crippen molar-refractivity contribution in [1.29, 1.82) is 0 Å². The van der Waals surface area contributed by atoms with Crippen molar-refractivity contribution in [3.05, 3.63) is 29.8 Å². The summed E-state index contributed by atoms with van der Waals surface area (Å²) in [4.78, 5) is 25.7. The van der Waals surface area contributed by atoms with E-state index < -0.39 is 0 Å². The van der Waals surface area contributed by atoms with Crippen molar-refractivity contribution in [2.75, 3.05) is 25.0 Å². The number of anilines is 1. The highest BCUT2D eigenvalue weighted by atomic mass is 16.5. The minimum absolute atomic E-state index is 0.207. The molecular weight excluding hydrogens is 342 g/mol. The first kappa shape index (κ1) is 19.7. The normalized spacial score (nSPS) is 22.7. The first-order chi connectivity index (χ1) is 13.1. The Labute approximate surface area is 161 Å². The van der Waals surface area contributed by atoms with Crippen LogP contribution in [0, 0.1) is 5.92 Å². The van der Waals surface area contributed by atoms with Crippen molar-refractivity contribution in [1.82, 2.24) is 10.2 Å². The number of rotatable bonds is 7. The van der Waals surface area contributed by atoms with Gasteiger partial charge < -0.3 is 20.3 Å². The molecule has 1 aromatic rings. The molecule has 2 fully saturated rings. The zero-order chi connectivity index (χ0) is 19.1. The van der Waals surface area contributed by atoms with Gasteiger partial charge in [0.2, 0.25) is 5.91 Å². The summed E-state index contributed by atoms with van der Waals surface area (Å²) in [6, 6.07) is 7.43. The van der Waals surface area contributed by atoms with Gasteiger partial charge in [0.05, 0.1) is 12.7 Å². The summed E-state index contributed by atoms with van der Waals surface area (Å²) in [7, 11) is 0. The third-order valence-electron chi connectivity index (χ3n) is 5.48. The van der Waals surface area contributed by atoms with E-state index in [-0.39, 0.29) is 11.9 Å². The number of hydrogen-bond donors (Lipinski definition) is 2. The second kappa shape index (κ2) is 9.74. The highest BCUT2D eigenvalue weighted by Crippen LogP contribution is 2.26. The van der Waals surface area contributed by atoms with E-state index in [0.717, 1.165) is 30.6 Å². The summed E-state index contributed by atoms with van der Waals surface area (Å²) >= 11 is 0. The fourth-order valence-electron chi connectivity index (χ4n) is 3.92. The fraction of sp³-hybridized carbons (Fsp3) is 0.619. The molecule has 0 radical (unpaired) electrons. The van der Waals surface area contributed by atoms with Gasteiger partial charge in [-0.1, -0.05) is 31.9 Å². The fourth-order valence-corrected chi connectivity index (χ4v) is 3.92. The van der Waals surface area contributed by atoms with Gasteiger partial charge in [-0.25, -0.2) is 4.79 Å². The molecule has 1 aliphatic carbocycles. The first-order valence-corrected chi connectivity index (χ1v) is 10.1. The van der Waals surface area contributed by atoms with E-state index in [1.54, 1.807) is 0 Å². The van der Waals surface area contributed by atoms with Crippen LogP contribution in [-0.2, 0) is 16.1 Å². The molecule has 2 N–H and O–H groups in total. The van der Waals surface area contributed by atoms with Crippen LogP contribution < -0.4 is 10.6 Å². The summed E-state index contributed by atoms with van der Waals surface area (Å²) in [5, 5.41) is 5.70. The van der Waals surface area contributed by atoms with E-state index in [2.05, 4.69) is 17.6 Å². The van der Waals surface area contributed by atoms with E-state index in [9.17, 15) is 9.59 Å². The van der Waals surface area contributed by atoms with Crippen LogP contribution >= 0.6 is 0 Å². The van der Waals surface area contributed by atoms with Crippen LogP contribution in [0.3, 0.4) is 0 Å². The molecule has 6 nitrogen and oxygen atoms in total. The molecule has 1 aromatic carbocycles. The average molecular weight is 373 g/mol. The monoisotopic (exact) mass is 373 g/mol. The lowest BCUT2D eigenvalue weighted by atomic mass is 9.88. The Morgan fingerprint density at radius 1 is 1.26 bits per heavy atom. The third kappa shape index (κ3) is 5.96. The minimum atomic E-state index is -0.232. The second-order valence-corrected chi connectivity index (χ2v) is 7.67. The smallest absolute Gasteiger partial charge is 0.319 e. The van der Waals surface area contributed by atoms with Gasteiger partial charge in [-0.15, -0.1) is 0 Å². The Hall–Kier alpha value is -2.08. The molecule has 3 amide bonds.